The van der Waals surface area contributed by atoms with Crippen molar-refractivity contribution in [2.45, 2.75) is 157 Å². The Morgan fingerprint density at radius 1 is 0.448 bits per heavy atom. The Kier molecular flexibility index (Phi) is 31.0. The molecule has 39 nitrogen and oxygen atoms in total. The van der Waals surface area contributed by atoms with Crippen LogP contribution in [0.1, 0.15) is 44.2 Å². The van der Waals surface area contributed by atoms with Gasteiger partial charge >= 0.3 is 0 Å². The predicted octanol–water partition coefficient (Wildman–Crippen LogP) is -5.59. The quantitative estimate of drug-likeness (QED) is 0.0647. The lowest BCUT2D eigenvalue weighted by Crippen LogP contribution is -2.61. The SMILES string of the molecule is C=CC(=O)NCc1cn(CCC2OC(O)/C(O)=C(\O)C(CCO)OC(O)/C(O)=C(\O)C(CCO)OC3OC(CO)C(OC(O)/C(O)=C(\O)C(CCO)OC(O)/C(O)=C(/O)C(CCO)OC(O)/C(O)=C(/O)C(CCO)OC(O)C(O)=C2O)C(O)[C@H]3O)nn1. The molecule has 1 aromatic rings. The average Bonchev–Trinajstić information content (AvgIpc) is 4.18. The second kappa shape index (κ2) is 36.1. The molecule has 0 radical (unpaired) electrons. The zero-order valence-electron chi connectivity index (χ0n) is 45.7. The molecule has 39 heteroatoms. The van der Waals surface area contributed by atoms with Crippen molar-refractivity contribution in [2.24, 2.45) is 0 Å². The summed E-state index contributed by atoms with van der Waals surface area (Å²) in [5, 5.41) is 289. The molecule has 0 spiro atoms. The lowest BCUT2D eigenvalue weighted by Gasteiger charge is -2.43. The smallest absolute Gasteiger partial charge is 0.243 e. The molecule has 17 atom stereocenters. The van der Waals surface area contributed by atoms with Crippen LogP contribution in [0, 0.1) is 0 Å². The van der Waals surface area contributed by atoms with Crippen molar-refractivity contribution in [1.82, 2.24) is 20.3 Å². The number of aryl methyl sites for hydroxylation is 1. The summed E-state index contributed by atoms with van der Waals surface area (Å²) in [5.74, 6) is -19.8. The van der Waals surface area contributed by atoms with Crippen LogP contribution in [0.5, 0.6) is 0 Å². The summed E-state index contributed by atoms with van der Waals surface area (Å²) < 4.78 is 42.8. The van der Waals surface area contributed by atoms with Gasteiger partial charge in [-0.2, -0.15) is 0 Å². The van der Waals surface area contributed by atoms with Crippen LogP contribution in [-0.2, 0) is 55.8 Å². The van der Waals surface area contributed by atoms with Crippen LogP contribution in [0.15, 0.2) is 88.0 Å². The van der Waals surface area contributed by atoms with E-state index < -0.39 is 265 Å². The number of nitrogens with zero attached hydrogens (tertiary/aromatic N) is 3. The monoisotopic (exact) mass is 1270 g/mol. The average molecular weight is 1270 g/mol. The zero-order valence-corrected chi connectivity index (χ0v) is 45.7. The number of amides is 1. The second-order valence-electron chi connectivity index (χ2n) is 18.5. The van der Waals surface area contributed by atoms with Gasteiger partial charge < -0.3 is 176 Å². The molecule has 498 valence electrons. The van der Waals surface area contributed by atoms with Gasteiger partial charge in [0.1, 0.15) is 66.7 Å². The molecule has 4 heterocycles. The van der Waals surface area contributed by atoms with E-state index >= 15 is 0 Å². The van der Waals surface area contributed by atoms with Crippen molar-refractivity contribution in [2.75, 3.05) is 39.6 Å². The van der Waals surface area contributed by atoms with E-state index in [0.717, 1.165) is 10.8 Å². The summed E-state index contributed by atoms with van der Waals surface area (Å²) in [4.78, 5) is 11.7. The normalized spacial score (nSPS) is 36.2. The molecule has 0 saturated carbocycles. The van der Waals surface area contributed by atoms with Crippen molar-refractivity contribution in [1.29, 1.82) is 0 Å². The molecule has 0 aliphatic carbocycles. The molecular weight excluding hydrogens is 1190 g/mol. The minimum Gasteiger partial charge on any atom is -0.506 e. The van der Waals surface area contributed by atoms with Gasteiger partial charge in [0.25, 0.3) is 0 Å². The fourth-order valence-electron chi connectivity index (χ4n) is 7.79. The highest BCUT2D eigenvalue weighted by atomic mass is 16.7. The van der Waals surface area contributed by atoms with E-state index in [0.29, 0.717) is 0 Å². The first-order valence-electron chi connectivity index (χ1n) is 25.9. The number of aliphatic hydroxyl groups is 26. The number of carbonyl (C=O) groups is 1. The molecule has 16 unspecified atom stereocenters. The van der Waals surface area contributed by atoms with Gasteiger partial charge in [0.05, 0.1) is 19.3 Å². The molecule has 2 bridgehead atoms. The Bertz CT molecular complexity index is 2520. The largest absolute Gasteiger partial charge is 0.506 e. The number of aromatic nitrogens is 3. The third-order valence-corrected chi connectivity index (χ3v) is 12.5. The lowest BCUT2D eigenvalue weighted by atomic mass is 9.98. The fraction of sp³-hybridized carbons (Fsp3) is 0.646. The Hall–Kier alpha value is -6.49. The molecule has 0 aromatic carbocycles. The van der Waals surface area contributed by atoms with Crippen molar-refractivity contribution in [3.8, 4) is 0 Å². The zero-order chi connectivity index (χ0) is 65.6. The first-order chi connectivity index (χ1) is 41.1. The van der Waals surface area contributed by atoms with Crippen molar-refractivity contribution in [3.63, 3.8) is 0 Å². The molecule has 27 N–H and O–H groups in total. The number of rotatable bonds is 17. The fourth-order valence-corrected chi connectivity index (χ4v) is 7.79. The van der Waals surface area contributed by atoms with Crippen LogP contribution < -0.4 is 5.32 Å². The van der Waals surface area contributed by atoms with E-state index in [2.05, 4.69) is 22.2 Å². The Balaban J connectivity index is 2.27. The van der Waals surface area contributed by atoms with Crippen LogP contribution in [0.4, 0.5) is 0 Å². The van der Waals surface area contributed by atoms with Gasteiger partial charge in [-0.1, -0.05) is 11.8 Å². The third kappa shape index (κ3) is 20.8. The number of aliphatic hydroxyl groups excluding tert-OH is 26. The summed E-state index contributed by atoms with van der Waals surface area (Å²) in [6, 6.07) is 0. The van der Waals surface area contributed by atoms with E-state index in [1.807, 2.05) is 0 Å². The molecule has 4 rings (SSSR count). The van der Waals surface area contributed by atoms with E-state index in [4.69, 9.17) is 37.9 Å². The Labute approximate surface area is 490 Å². The van der Waals surface area contributed by atoms with Gasteiger partial charge in [-0.25, -0.2) is 0 Å². The minimum atomic E-state index is -2.90. The van der Waals surface area contributed by atoms with Crippen LogP contribution in [0.2, 0.25) is 0 Å². The number of fused-ring (bicyclic) bond motifs is 26. The predicted molar refractivity (Wildman–Crippen MR) is 277 cm³/mol. The molecule has 3 aliphatic heterocycles. The summed E-state index contributed by atoms with van der Waals surface area (Å²) in [6.07, 6.45) is -44.4. The summed E-state index contributed by atoms with van der Waals surface area (Å²) in [7, 11) is 0. The first-order valence-corrected chi connectivity index (χ1v) is 25.9. The van der Waals surface area contributed by atoms with Crippen LogP contribution in [0.25, 0.3) is 0 Å². The highest BCUT2D eigenvalue weighted by Gasteiger charge is 2.48. The highest BCUT2D eigenvalue weighted by molar-refractivity contribution is 5.86. The maximum atomic E-state index is 11.7. The molecule has 1 aromatic heterocycles. The Morgan fingerprint density at radius 2 is 0.759 bits per heavy atom. The van der Waals surface area contributed by atoms with Crippen molar-refractivity contribution < 1.29 is 175 Å². The van der Waals surface area contributed by atoms with Gasteiger partial charge in [0.2, 0.25) is 43.6 Å². The summed E-state index contributed by atoms with van der Waals surface area (Å²) in [5.41, 5.74) is 0.128. The number of hydrogen-bond donors (Lipinski definition) is 27. The molecule has 1 saturated heterocycles. The standard InChI is InChI=1S/C48H76N4O35/c1-2-26(59)49-15-18-16-52(51-50-18)9-3-19-27(60)34(67)43(75)81-21(5-11-54)29(62)36(69)44(76)82-22(6-12-55)30(63)37(70)45(77)84-23(7-13-56)31(64)39(72)47(79)87-41-25(17-58)86-48(40(73)33(41)66)85-24(8-14-57)32(65)38(71)46(78)83-20(4-10-53)28(61)35(68)42(74)80-19/h2,16,19-25,33,40-48,53-58,60-79H,1,3-15,17H2,(H,49,59)/b34-27?,35-28+,36-29-,37-30-,38-32+,39-31+/t19?,20?,21?,22?,23?,24?,25?,33?,40-,41?,42?,43?,44?,45?,46?,47?,48?/m1/s1. The number of nitrogens with one attached hydrogen (secondary N) is 1. The lowest BCUT2D eigenvalue weighted by molar-refractivity contribution is -0.329. The Morgan fingerprint density at radius 3 is 1.07 bits per heavy atom. The number of hydrogen-bond acceptors (Lipinski definition) is 37. The van der Waals surface area contributed by atoms with E-state index in [9.17, 15) is 138 Å². The van der Waals surface area contributed by atoms with E-state index in [1.165, 1.54) is 6.20 Å². The van der Waals surface area contributed by atoms with Gasteiger partial charge in [0.15, 0.2) is 75.4 Å². The van der Waals surface area contributed by atoms with Crippen molar-refractivity contribution >= 4 is 5.91 Å². The number of ether oxygens (including phenoxy) is 8. The summed E-state index contributed by atoms with van der Waals surface area (Å²) in [6.45, 7) is -3.50. The first kappa shape index (κ1) is 74.8. The van der Waals surface area contributed by atoms with Gasteiger partial charge in [-0.15, -0.1) is 5.10 Å². The maximum absolute atomic E-state index is 11.7. The molecular formula is C48H76N4O35. The van der Waals surface area contributed by atoms with Gasteiger partial charge in [-0.05, 0) is 6.08 Å². The maximum Gasteiger partial charge on any atom is 0.243 e. The van der Waals surface area contributed by atoms with E-state index in [-0.39, 0.29) is 12.2 Å². The van der Waals surface area contributed by atoms with Crippen LogP contribution in [0.3, 0.4) is 0 Å². The summed E-state index contributed by atoms with van der Waals surface area (Å²) >= 11 is 0. The van der Waals surface area contributed by atoms with Crippen LogP contribution >= 0.6 is 0 Å². The topological polar surface area (TPSA) is 660 Å². The molecule has 1 fully saturated rings. The van der Waals surface area contributed by atoms with Gasteiger partial charge in [-0.3, -0.25) is 9.48 Å². The molecule has 1 amide bonds. The van der Waals surface area contributed by atoms with Gasteiger partial charge in [0, 0.05) is 78.1 Å². The number of carbonyl (C=O) groups excluding carboxylic acids is 1. The van der Waals surface area contributed by atoms with Crippen LogP contribution in [-0.4, -0.2) is 298 Å². The molecule has 87 heavy (non-hydrogen) atoms. The van der Waals surface area contributed by atoms with E-state index in [1.54, 1.807) is 0 Å². The highest BCUT2D eigenvalue weighted by Crippen LogP contribution is 2.31. The van der Waals surface area contributed by atoms with Crippen molar-refractivity contribution in [3.05, 3.63) is 93.7 Å². The minimum absolute atomic E-state index is 0.128. The second-order valence-corrected chi connectivity index (χ2v) is 18.5. The third-order valence-electron chi connectivity index (χ3n) is 12.5. The molecule has 3 aliphatic rings.